The third-order valence-electron chi connectivity index (χ3n) is 6.66. The van der Waals surface area contributed by atoms with E-state index in [1.165, 1.54) is 0 Å². The molecule has 0 bridgehead atoms. The minimum Gasteiger partial charge on any atom is -0.539 e. The summed E-state index contributed by atoms with van der Waals surface area (Å²) in [5, 5.41) is 2.22. The number of carbonyl (C=O) groups is 2. The van der Waals surface area contributed by atoms with E-state index in [4.69, 9.17) is 8.85 Å². The number of hydrogen-bond acceptors (Lipinski definition) is 4. The van der Waals surface area contributed by atoms with Crippen LogP contribution < -0.4 is 19.2 Å². The molecular weight excluding hydrogens is 480 g/mol. The van der Waals surface area contributed by atoms with Crippen molar-refractivity contribution in [3.8, 4) is 11.5 Å². The molecule has 4 aromatic carbocycles. The molecule has 0 N–H and O–H groups in total. The van der Waals surface area contributed by atoms with E-state index in [-0.39, 0.29) is 11.6 Å². The van der Waals surface area contributed by atoms with E-state index in [1.54, 1.807) is 36.4 Å². The minimum atomic E-state index is -2.41. The van der Waals surface area contributed by atoms with Gasteiger partial charge < -0.3 is 8.85 Å². The lowest BCUT2D eigenvalue weighted by Gasteiger charge is -2.30. The summed E-state index contributed by atoms with van der Waals surface area (Å²) >= 11 is 0. The molecule has 4 aromatic rings. The summed E-state index contributed by atoms with van der Waals surface area (Å²) in [5.41, 5.74) is 1.39. The Bertz CT molecular complexity index is 1350. The maximum absolute atomic E-state index is 14.1. The van der Waals surface area contributed by atoms with Crippen molar-refractivity contribution in [1.29, 1.82) is 0 Å². The molecule has 0 atom stereocenters. The van der Waals surface area contributed by atoms with Gasteiger partial charge in [-0.3, -0.25) is 9.59 Å². The molecular formula is C30H28O4Si2. The van der Waals surface area contributed by atoms with E-state index < -0.39 is 16.6 Å². The van der Waals surface area contributed by atoms with Crippen LogP contribution in [0.1, 0.15) is 31.8 Å². The smallest absolute Gasteiger partial charge is 0.276 e. The Morgan fingerprint density at radius 2 is 0.861 bits per heavy atom. The molecule has 6 heteroatoms. The van der Waals surface area contributed by atoms with Gasteiger partial charge in [0.05, 0.1) is 11.1 Å². The van der Waals surface area contributed by atoms with Gasteiger partial charge in [0.15, 0.2) is 5.78 Å². The molecule has 180 valence electrons. The number of benzene rings is 4. The van der Waals surface area contributed by atoms with Crippen LogP contribution in [-0.2, 0) is 0 Å². The lowest BCUT2D eigenvalue weighted by atomic mass is 9.83. The lowest BCUT2D eigenvalue weighted by Crippen LogP contribution is -2.48. The Kier molecular flexibility index (Phi) is 6.02. The van der Waals surface area contributed by atoms with Gasteiger partial charge in [-0.1, -0.05) is 84.9 Å². The summed E-state index contributed by atoms with van der Waals surface area (Å²) in [6.07, 6.45) is 0. The van der Waals surface area contributed by atoms with Crippen LogP contribution >= 0.6 is 0 Å². The maximum Gasteiger partial charge on any atom is 0.276 e. The zero-order chi connectivity index (χ0) is 25.5. The van der Waals surface area contributed by atoms with Gasteiger partial charge in [0.1, 0.15) is 11.5 Å². The predicted molar refractivity (Wildman–Crippen MR) is 148 cm³/mol. The standard InChI is InChI=1S/C30H28O4Si2/c1-35(2,21-13-7-5-8-14-21)33-25-19-11-17-23-27(25)30(32)28-24(29(23)31)18-12-20-26(28)34-36(3,4)22-15-9-6-10-16-22/h5-20H,1-4H3. The van der Waals surface area contributed by atoms with Gasteiger partial charge >= 0.3 is 0 Å². The summed E-state index contributed by atoms with van der Waals surface area (Å²) < 4.78 is 13.1. The molecule has 4 nitrogen and oxygen atoms in total. The first-order valence-electron chi connectivity index (χ1n) is 12.0. The van der Waals surface area contributed by atoms with Crippen LogP contribution in [0, 0.1) is 0 Å². The van der Waals surface area contributed by atoms with Gasteiger partial charge in [0.25, 0.3) is 16.6 Å². The van der Waals surface area contributed by atoms with E-state index in [0.29, 0.717) is 33.8 Å². The first kappa shape index (κ1) is 24.0. The maximum atomic E-state index is 14.1. The highest BCUT2D eigenvalue weighted by atomic mass is 28.4. The third kappa shape index (κ3) is 4.23. The SMILES string of the molecule is C[Si](C)(Oc1cccc2c1C(=O)c1c(O[Si](C)(C)c3ccccc3)cccc1C2=O)c1ccccc1. The Morgan fingerprint density at radius 3 is 1.25 bits per heavy atom. The largest absolute Gasteiger partial charge is 0.539 e. The summed E-state index contributed by atoms with van der Waals surface area (Å²) in [6, 6.07) is 30.6. The second kappa shape index (κ2) is 9.04. The van der Waals surface area contributed by atoms with Crippen LogP contribution in [0.15, 0.2) is 97.1 Å². The Hall–Kier alpha value is -3.75. The molecule has 0 aliphatic heterocycles. The quantitative estimate of drug-likeness (QED) is 0.287. The highest BCUT2D eigenvalue weighted by molar-refractivity contribution is 6.85. The molecule has 0 saturated heterocycles. The average Bonchev–Trinajstić information content (AvgIpc) is 2.88. The van der Waals surface area contributed by atoms with Crippen LogP contribution in [0.2, 0.25) is 26.2 Å². The van der Waals surface area contributed by atoms with Gasteiger partial charge in [0.2, 0.25) is 5.78 Å². The number of fused-ring (bicyclic) bond motifs is 2. The molecule has 0 aromatic heterocycles. The summed E-state index contributed by atoms with van der Waals surface area (Å²) in [6.45, 7) is 8.36. The summed E-state index contributed by atoms with van der Waals surface area (Å²) in [5.74, 6) is 0.480. The van der Waals surface area contributed by atoms with Crippen molar-refractivity contribution in [2.24, 2.45) is 0 Å². The Balaban J connectivity index is 1.58. The molecule has 0 spiro atoms. The minimum absolute atomic E-state index is 0.186. The molecule has 5 rings (SSSR count). The van der Waals surface area contributed by atoms with Gasteiger partial charge in [-0.15, -0.1) is 0 Å². The van der Waals surface area contributed by atoms with E-state index >= 15 is 0 Å². The molecule has 0 heterocycles. The van der Waals surface area contributed by atoms with Crippen molar-refractivity contribution < 1.29 is 18.4 Å². The summed E-state index contributed by atoms with van der Waals surface area (Å²) in [7, 11) is -4.81. The second-order valence-corrected chi connectivity index (χ2v) is 17.6. The van der Waals surface area contributed by atoms with E-state index in [2.05, 4.69) is 26.2 Å². The highest BCUT2D eigenvalue weighted by Crippen LogP contribution is 2.38. The number of carbonyl (C=O) groups excluding carboxylic acids is 2. The van der Waals surface area contributed by atoms with Crippen LogP contribution in [0.3, 0.4) is 0 Å². The fourth-order valence-electron chi connectivity index (χ4n) is 4.70. The van der Waals surface area contributed by atoms with Crippen LogP contribution in [0.4, 0.5) is 0 Å². The molecule has 0 amide bonds. The number of rotatable bonds is 6. The zero-order valence-electron chi connectivity index (χ0n) is 20.9. The Morgan fingerprint density at radius 1 is 0.472 bits per heavy atom. The van der Waals surface area contributed by atoms with Crippen molar-refractivity contribution in [3.63, 3.8) is 0 Å². The van der Waals surface area contributed by atoms with Crippen molar-refractivity contribution in [2.45, 2.75) is 26.2 Å². The molecule has 0 fully saturated rings. The van der Waals surface area contributed by atoms with Crippen molar-refractivity contribution in [1.82, 2.24) is 0 Å². The van der Waals surface area contributed by atoms with E-state index in [1.807, 2.05) is 60.7 Å². The zero-order valence-corrected chi connectivity index (χ0v) is 22.9. The molecule has 0 unspecified atom stereocenters. The monoisotopic (exact) mass is 508 g/mol. The van der Waals surface area contributed by atoms with Crippen molar-refractivity contribution >= 4 is 38.6 Å². The van der Waals surface area contributed by atoms with Gasteiger partial charge in [-0.05, 0) is 48.7 Å². The highest BCUT2D eigenvalue weighted by Gasteiger charge is 2.38. The van der Waals surface area contributed by atoms with Crippen LogP contribution in [0.25, 0.3) is 0 Å². The molecule has 36 heavy (non-hydrogen) atoms. The molecule has 1 aliphatic rings. The van der Waals surface area contributed by atoms with Gasteiger partial charge in [-0.25, -0.2) is 0 Å². The van der Waals surface area contributed by atoms with Gasteiger partial charge in [0, 0.05) is 11.1 Å². The van der Waals surface area contributed by atoms with Crippen molar-refractivity contribution in [2.75, 3.05) is 0 Å². The van der Waals surface area contributed by atoms with E-state index in [0.717, 1.165) is 10.4 Å². The average molecular weight is 509 g/mol. The van der Waals surface area contributed by atoms with E-state index in [9.17, 15) is 9.59 Å². The lowest BCUT2D eigenvalue weighted by molar-refractivity contribution is 0.0976. The van der Waals surface area contributed by atoms with Crippen molar-refractivity contribution in [3.05, 3.63) is 119 Å². The Labute approximate surface area is 213 Å². The molecule has 1 aliphatic carbocycles. The topological polar surface area (TPSA) is 52.6 Å². The third-order valence-corrected chi connectivity index (χ3v) is 11.6. The van der Waals surface area contributed by atoms with Crippen LogP contribution in [0.5, 0.6) is 11.5 Å². The normalized spacial score (nSPS) is 13.1. The molecule has 0 radical (unpaired) electrons. The molecule has 0 saturated carbocycles. The number of ketones is 2. The number of hydrogen-bond donors (Lipinski definition) is 0. The second-order valence-electron chi connectivity index (χ2n) is 9.97. The van der Waals surface area contributed by atoms with Gasteiger partial charge in [-0.2, -0.15) is 0 Å². The van der Waals surface area contributed by atoms with Crippen LogP contribution in [-0.4, -0.2) is 28.2 Å². The first-order chi connectivity index (χ1) is 17.2. The summed E-state index contributed by atoms with van der Waals surface area (Å²) in [4.78, 5) is 27.6. The fraction of sp³-hybridized carbons (Fsp3) is 0.133. The fourth-order valence-corrected chi connectivity index (χ4v) is 8.36. The predicted octanol–water partition coefficient (Wildman–Crippen LogP) is 5.44. The first-order valence-corrected chi connectivity index (χ1v) is 17.9.